The Hall–Kier alpha value is -1.26. The van der Waals surface area contributed by atoms with Crippen LogP contribution in [0.2, 0.25) is 0 Å². The third kappa shape index (κ3) is 40.2. The molecule has 0 unspecified atom stereocenters. The van der Waals surface area contributed by atoms with E-state index in [1.54, 1.807) is 0 Å². The summed E-state index contributed by atoms with van der Waals surface area (Å²) in [5, 5.41) is 0. The second-order valence-corrected chi connectivity index (χ2v) is 19.9. The van der Waals surface area contributed by atoms with Crippen LogP contribution in [0.4, 0.5) is 0 Å². The molecule has 0 bridgehead atoms. The average molecular weight is 877 g/mol. The van der Waals surface area contributed by atoms with Gasteiger partial charge in [-0.1, -0.05) is 138 Å². The van der Waals surface area contributed by atoms with Gasteiger partial charge in [0, 0.05) is 89.1 Å². The number of hydrogen-bond donors (Lipinski definition) is 0. The molecule has 0 amide bonds. The summed E-state index contributed by atoms with van der Waals surface area (Å²) in [6.07, 6.45) is 2.46. The molecular weight excluding hydrogens is 797 g/mol. The molecule has 0 radical (unpaired) electrons. The van der Waals surface area contributed by atoms with E-state index < -0.39 is 0 Å². The molecule has 0 saturated heterocycles. The van der Waals surface area contributed by atoms with Gasteiger partial charge in [-0.15, -0.1) is 0 Å². The van der Waals surface area contributed by atoms with Crippen molar-refractivity contribution in [3.05, 3.63) is 0 Å². The van der Waals surface area contributed by atoms with Crippen LogP contribution >= 0.6 is 0 Å². The molecule has 0 aliphatic rings. The Bertz CT molecular complexity index is 978. The van der Waals surface area contributed by atoms with Gasteiger partial charge < -0.3 is 0 Å². The monoisotopic (exact) mass is 876 g/mol. The van der Waals surface area contributed by atoms with E-state index in [1.165, 1.54) is 0 Å². The van der Waals surface area contributed by atoms with Crippen LogP contribution < -0.4 is 0 Å². The standard InChI is InChI=1S/4C11H20O2.Ce/c4*1-8(2)6-9(12)7-10(13)11(3,4)5;/h4*8H,6-7H2,1-5H3;. The van der Waals surface area contributed by atoms with E-state index in [-0.39, 0.29) is 135 Å². The van der Waals surface area contributed by atoms with Gasteiger partial charge in [0.25, 0.3) is 0 Å². The molecular formula is C44H80CeO8. The summed E-state index contributed by atoms with van der Waals surface area (Å²) in [4.78, 5) is 90.9. The number of carbonyl (C=O) groups is 8. The summed E-state index contributed by atoms with van der Waals surface area (Å²) >= 11 is 0. The van der Waals surface area contributed by atoms with Gasteiger partial charge in [-0.3, -0.25) is 38.4 Å². The number of carbonyl (C=O) groups excluding carboxylic acids is 8. The van der Waals surface area contributed by atoms with Crippen LogP contribution in [0.5, 0.6) is 0 Å². The van der Waals surface area contributed by atoms with Crippen molar-refractivity contribution in [2.75, 3.05) is 0 Å². The first-order valence-corrected chi connectivity index (χ1v) is 19.1. The second-order valence-electron chi connectivity index (χ2n) is 19.9. The largest absolute Gasteiger partial charge is 0.299 e. The summed E-state index contributed by atoms with van der Waals surface area (Å²) < 4.78 is 0. The predicted octanol–water partition coefficient (Wildman–Crippen LogP) is 10.4. The van der Waals surface area contributed by atoms with E-state index in [0.717, 1.165) is 0 Å². The fourth-order valence-corrected chi connectivity index (χ4v) is 3.89. The van der Waals surface area contributed by atoms with Gasteiger partial charge in [0.15, 0.2) is 0 Å². The molecule has 308 valence electrons. The van der Waals surface area contributed by atoms with Gasteiger partial charge in [0.2, 0.25) is 0 Å². The van der Waals surface area contributed by atoms with Crippen LogP contribution in [-0.2, 0) is 38.4 Å². The average Bonchev–Trinajstić information content (AvgIpc) is 2.85. The fourth-order valence-electron chi connectivity index (χ4n) is 3.89. The SMILES string of the molecule is CC(C)CC(=O)CC(=O)C(C)(C)C.CC(C)CC(=O)CC(=O)C(C)(C)C.CC(C)CC(=O)CC(=O)C(C)(C)C.CC(C)CC(=O)CC(=O)C(C)(C)C.[Ce]. The Labute approximate surface area is 359 Å². The maximum absolute atomic E-state index is 11.4. The van der Waals surface area contributed by atoms with Crippen molar-refractivity contribution in [1.29, 1.82) is 0 Å². The van der Waals surface area contributed by atoms with Gasteiger partial charge in [0.1, 0.15) is 46.3 Å². The summed E-state index contributed by atoms with van der Waals surface area (Å²) in [6.45, 7) is 38.0. The first-order valence-electron chi connectivity index (χ1n) is 19.1. The summed E-state index contributed by atoms with van der Waals surface area (Å²) in [6, 6.07) is 0. The molecule has 0 aromatic carbocycles. The van der Waals surface area contributed by atoms with E-state index in [9.17, 15) is 38.4 Å². The minimum absolute atomic E-state index is 0. The molecule has 0 aromatic heterocycles. The van der Waals surface area contributed by atoms with Crippen molar-refractivity contribution < 1.29 is 80.1 Å². The molecule has 0 aromatic rings. The van der Waals surface area contributed by atoms with Gasteiger partial charge >= 0.3 is 0 Å². The minimum Gasteiger partial charge on any atom is -0.299 e. The zero-order valence-electron chi connectivity index (χ0n) is 37.7. The van der Waals surface area contributed by atoms with Crippen molar-refractivity contribution in [2.24, 2.45) is 45.3 Å². The van der Waals surface area contributed by atoms with Gasteiger partial charge in [-0.05, 0) is 23.7 Å². The zero-order chi connectivity index (χ0) is 42.6. The maximum atomic E-state index is 11.4. The molecule has 0 fully saturated rings. The quantitative estimate of drug-likeness (QED) is 0.140. The second kappa shape index (κ2) is 28.2. The maximum Gasteiger partial charge on any atom is 0.145 e. The van der Waals surface area contributed by atoms with Crippen LogP contribution in [-0.4, -0.2) is 46.3 Å². The van der Waals surface area contributed by atoms with Gasteiger partial charge in [-0.25, -0.2) is 0 Å². The van der Waals surface area contributed by atoms with Crippen molar-refractivity contribution in [2.45, 2.75) is 190 Å². The molecule has 0 heterocycles. The molecule has 9 heteroatoms. The molecule has 0 spiro atoms. The van der Waals surface area contributed by atoms with Crippen LogP contribution in [0, 0.1) is 87.1 Å². The van der Waals surface area contributed by atoms with E-state index >= 15 is 0 Å². The topological polar surface area (TPSA) is 137 Å². The Morgan fingerprint density at radius 2 is 0.415 bits per heavy atom. The first kappa shape index (κ1) is 61.0. The van der Waals surface area contributed by atoms with Crippen LogP contribution in [0.3, 0.4) is 0 Å². The molecule has 8 nitrogen and oxygen atoms in total. The van der Waals surface area contributed by atoms with E-state index in [0.29, 0.717) is 49.4 Å². The molecule has 0 rings (SSSR count). The van der Waals surface area contributed by atoms with Crippen LogP contribution in [0.15, 0.2) is 0 Å². The molecule has 0 saturated carbocycles. The third-order valence-corrected chi connectivity index (χ3v) is 7.32. The van der Waals surface area contributed by atoms with Crippen molar-refractivity contribution >= 4 is 46.3 Å². The van der Waals surface area contributed by atoms with Gasteiger partial charge in [0.05, 0.1) is 25.7 Å². The number of hydrogen-bond acceptors (Lipinski definition) is 8. The van der Waals surface area contributed by atoms with Crippen molar-refractivity contribution in [3.8, 4) is 0 Å². The molecule has 0 atom stereocenters. The minimum atomic E-state index is -0.382. The predicted molar refractivity (Wildman–Crippen MR) is 214 cm³/mol. The number of ketones is 8. The molecule has 0 aliphatic heterocycles. The third-order valence-electron chi connectivity index (χ3n) is 7.32. The van der Waals surface area contributed by atoms with E-state index in [4.69, 9.17) is 0 Å². The number of Topliss-reactive ketones (excluding diaryl/α,β-unsaturated/α-hetero) is 8. The Balaban J connectivity index is -0.000000192. The molecule has 53 heavy (non-hydrogen) atoms. The van der Waals surface area contributed by atoms with Crippen molar-refractivity contribution in [3.63, 3.8) is 0 Å². The summed E-state index contributed by atoms with van der Waals surface area (Å²) in [5.74, 6) is 1.81. The van der Waals surface area contributed by atoms with Crippen LogP contribution in [0.1, 0.15) is 190 Å². The van der Waals surface area contributed by atoms with Crippen LogP contribution in [0.25, 0.3) is 0 Å². The first-order chi connectivity index (χ1) is 22.9. The number of rotatable bonds is 16. The summed E-state index contributed by atoms with van der Waals surface area (Å²) in [7, 11) is 0. The Morgan fingerprint density at radius 1 is 0.302 bits per heavy atom. The summed E-state index contributed by atoms with van der Waals surface area (Å²) in [5.41, 5.74) is -1.53. The molecule has 0 N–H and O–H groups in total. The fraction of sp³-hybridized carbons (Fsp3) is 0.818. The van der Waals surface area contributed by atoms with Crippen molar-refractivity contribution in [1.82, 2.24) is 0 Å². The Kier molecular flexibility index (Phi) is 32.4. The Morgan fingerprint density at radius 3 is 0.491 bits per heavy atom. The van der Waals surface area contributed by atoms with E-state index in [1.807, 2.05) is 138 Å². The smallest absolute Gasteiger partial charge is 0.145 e. The van der Waals surface area contributed by atoms with E-state index in [2.05, 4.69) is 0 Å². The van der Waals surface area contributed by atoms with Gasteiger partial charge in [-0.2, -0.15) is 0 Å². The normalized spacial score (nSPS) is 11.6. The molecule has 0 aliphatic carbocycles. The zero-order valence-corrected chi connectivity index (χ0v) is 40.9.